The maximum absolute atomic E-state index is 13.0. The highest BCUT2D eigenvalue weighted by atomic mass is 16.5. The van der Waals surface area contributed by atoms with E-state index in [0.29, 0.717) is 18.2 Å². The number of carbonyl (C=O) groups excluding carboxylic acids is 4. The Morgan fingerprint density at radius 3 is 2.41 bits per heavy atom. The summed E-state index contributed by atoms with van der Waals surface area (Å²) in [5.41, 5.74) is 0.273. The van der Waals surface area contributed by atoms with E-state index in [1.165, 1.54) is 25.7 Å². The second-order valence-electron chi connectivity index (χ2n) is 7.85. The Balaban J connectivity index is 1.49. The molecule has 2 saturated heterocycles. The highest BCUT2D eigenvalue weighted by molar-refractivity contribution is 6.53. The lowest BCUT2D eigenvalue weighted by molar-refractivity contribution is -0.144. The van der Waals surface area contributed by atoms with Crippen molar-refractivity contribution < 1.29 is 23.9 Å². The van der Waals surface area contributed by atoms with E-state index >= 15 is 0 Å². The number of likely N-dealkylation sites (tertiary alicyclic amines) is 1. The van der Waals surface area contributed by atoms with Gasteiger partial charge >= 0.3 is 17.8 Å². The number of carbonyl (C=O) groups is 4. The van der Waals surface area contributed by atoms with Gasteiger partial charge in [-0.2, -0.15) is 0 Å². The van der Waals surface area contributed by atoms with Gasteiger partial charge in [0.25, 0.3) is 0 Å². The van der Waals surface area contributed by atoms with Crippen molar-refractivity contribution in [2.45, 2.75) is 44.6 Å². The molecule has 29 heavy (non-hydrogen) atoms. The van der Waals surface area contributed by atoms with Crippen LogP contribution in [0.3, 0.4) is 0 Å². The number of piperidine rings is 1. The first-order chi connectivity index (χ1) is 14.0. The van der Waals surface area contributed by atoms with Crippen LogP contribution in [0.4, 0.5) is 10.5 Å². The van der Waals surface area contributed by atoms with E-state index < -0.39 is 17.8 Å². The van der Waals surface area contributed by atoms with E-state index in [-0.39, 0.29) is 24.2 Å². The summed E-state index contributed by atoms with van der Waals surface area (Å²) in [5.74, 6) is -1.09. The molecule has 154 valence electrons. The number of hydrogen-bond acceptors (Lipinski definition) is 5. The Kier molecular flexibility index (Phi) is 5.25. The summed E-state index contributed by atoms with van der Waals surface area (Å²) >= 11 is 0. The Morgan fingerprint density at radius 2 is 1.69 bits per heavy atom. The number of hydrogen-bond donors (Lipinski definition) is 0. The minimum atomic E-state index is -0.962. The molecule has 0 radical (unpaired) electrons. The van der Waals surface area contributed by atoms with Crippen molar-refractivity contribution in [3.8, 4) is 5.75 Å². The van der Waals surface area contributed by atoms with E-state index in [4.69, 9.17) is 4.74 Å². The lowest BCUT2D eigenvalue weighted by Crippen LogP contribution is -2.53. The van der Waals surface area contributed by atoms with Gasteiger partial charge in [-0.05, 0) is 55.9 Å². The minimum absolute atomic E-state index is 0.186. The van der Waals surface area contributed by atoms with E-state index in [0.717, 1.165) is 41.9 Å². The fourth-order valence-electron chi connectivity index (χ4n) is 4.76. The van der Waals surface area contributed by atoms with Crippen LogP contribution in [-0.2, 0) is 14.4 Å². The highest BCUT2D eigenvalue weighted by Crippen LogP contribution is 2.35. The average Bonchev–Trinajstić information content (AvgIpc) is 2.96. The minimum Gasteiger partial charge on any atom is -0.497 e. The molecule has 0 unspecified atom stereocenters. The molecular weight excluding hydrogens is 374 g/mol. The zero-order valence-electron chi connectivity index (χ0n) is 16.5. The number of rotatable bonds is 4. The summed E-state index contributed by atoms with van der Waals surface area (Å²) in [6.07, 6.45) is 6.44. The summed E-state index contributed by atoms with van der Waals surface area (Å²) in [5, 5.41) is 0. The SMILES string of the molecule is COc1ccc(N2C(=O)C(=O)N(CC(=O)N3CCC[C@@H]4CCCC[C@@H]43)C2=O)cc1. The van der Waals surface area contributed by atoms with Gasteiger partial charge in [0.1, 0.15) is 12.3 Å². The van der Waals surface area contributed by atoms with Gasteiger partial charge in [-0.25, -0.2) is 14.6 Å². The van der Waals surface area contributed by atoms with Gasteiger partial charge in [-0.15, -0.1) is 0 Å². The quantitative estimate of drug-likeness (QED) is 0.572. The molecule has 3 aliphatic rings. The summed E-state index contributed by atoms with van der Waals surface area (Å²) in [4.78, 5) is 54.0. The van der Waals surface area contributed by atoms with Gasteiger partial charge in [0.2, 0.25) is 5.91 Å². The molecule has 2 atom stereocenters. The Hall–Kier alpha value is -2.90. The number of amides is 5. The zero-order chi connectivity index (χ0) is 20.5. The van der Waals surface area contributed by atoms with Crippen LogP contribution in [0.25, 0.3) is 0 Å². The second kappa shape index (κ2) is 7.85. The summed E-state index contributed by atoms with van der Waals surface area (Å²) < 4.78 is 5.07. The van der Waals surface area contributed by atoms with Crippen molar-refractivity contribution in [1.82, 2.24) is 9.80 Å². The number of anilines is 1. The number of methoxy groups -OCH3 is 1. The van der Waals surface area contributed by atoms with E-state index in [9.17, 15) is 19.2 Å². The number of fused-ring (bicyclic) bond motifs is 1. The lowest BCUT2D eigenvalue weighted by atomic mass is 9.78. The molecule has 5 amide bonds. The highest BCUT2D eigenvalue weighted by Gasteiger charge is 2.47. The largest absolute Gasteiger partial charge is 0.497 e. The molecule has 8 heteroatoms. The topological polar surface area (TPSA) is 87.2 Å². The van der Waals surface area contributed by atoms with Crippen molar-refractivity contribution >= 4 is 29.4 Å². The van der Waals surface area contributed by atoms with Crippen LogP contribution in [0, 0.1) is 5.92 Å². The molecule has 2 heterocycles. The molecule has 8 nitrogen and oxygen atoms in total. The Bertz CT molecular complexity index is 835. The predicted octanol–water partition coefficient (Wildman–Crippen LogP) is 2.17. The van der Waals surface area contributed by atoms with Crippen LogP contribution in [0.2, 0.25) is 0 Å². The van der Waals surface area contributed by atoms with Crippen molar-refractivity contribution in [3.63, 3.8) is 0 Å². The van der Waals surface area contributed by atoms with Crippen LogP contribution < -0.4 is 9.64 Å². The number of benzene rings is 1. The second-order valence-corrected chi connectivity index (χ2v) is 7.85. The first kappa shape index (κ1) is 19.4. The van der Waals surface area contributed by atoms with Crippen molar-refractivity contribution in [2.24, 2.45) is 5.92 Å². The van der Waals surface area contributed by atoms with Crippen molar-refractivity contribution in [1.29, 1.82) is 0 Å². The van der Waals surface area contributed by atoms with Crippen LogP contribution in [-0.4, -0.2) is 59.8 Å². The van der Waals surface area contributed by atoms with Gasteiger partial charge < -0.3 is 9.64 Å². The van der Waals surface area contributed by atoms with Gasteiger partial charge in [0, 0.05) is 12.6 Å². The van der Waals surface area contributed by atoms with E-state index in [1.807, 2.05) is 4.90 Å². The van der Waals surface area contributed by atoms with Crippen molar-refractivity contribution in [2.75, 3.05) is 25.1 Å². The molecule has 1 aromatic rings. The molecule has 0 spiro atoms. The van der Waals surface area contributed by atoms with Crippen molar-refractivity contribution in [3.05, 3.63) is 24.3 Å². The lowest BCUT2D eigenvalue weighted by Gasteiger charge is -2.44. The molecule has 0 aromatic heterocycles. The van der Waals surface area contributed by atoms with E-state index in [1.54, 1.807) is 12.1 Å². The third-order valence-corrected chi connectivity index (χ3v) is 6.24. The molecule has 0 N–H and O–H groups in total. The van der Waals surface area contributed by atoms with Gasteiger partial charge in [-0.3, -0.25) is 14.4 Å². The smallest absolute Gasteiger partial charge is 0.339 e. The van der Waals surface area contributed by atoms with Crippen LogP contribution in [0.5, 0.6) is 5.75 Å². The van der Waals surface area contributed by atoms with Crippen LogP contribution >= 0.6 is 0 Å². The summed E-state index contributed by atoms with van der Waals surface area (Å²) in [7, 11) is 1.51. The third kappa shape index (κ3) is 3.47. The molecule has 3 fully saturated rings. The molecule has 1 aromatic carbocycles. The van der Waals surface area contributed by atoms with Crippen LogP contribution in [0.15, 0.2) is 24.3 Å². The number of ether oxygens (including phenoxy) is 1. The van der Waals surface area contributed by atoms with Gasteiger partial charge in [0.15, 0.2) is 0 Å². The molecular formula is C21H25N3O5. The average molecular weight is 399 g/mol. The van der Waals surface area contributed by atoms with Crippen LogP contribution in [0.1, 0.15) is 38.5 Å². The first-order valence-corrected chi connectivity index (χ1v) is 10.1. The molecule has 1 aliphatic carbocycles. The third-order valence-electron chi connectivity index (χ3n) is 6.24. The maximum Gasteiger partial charge on any atom is 0.339 e. The number of imide groups is 2. The Labute approximate surface area is 169 Å². The first-order valence-electron chi connectivity index (χ1n) is 10.1. The molecule has 4 rings (SSSR count). The maximum atomic E-state index is 13.0. The fourth-order valence-corrected chi connectivity index (χ4v) is 4.76. The van der Waals surface area contributed by atoms with Gasteiger partial charge in [0.05, 0.1) is 12.8 Å². The summed E-state index contributed by atoms with van der Waals surface area (Å²) in [6.45, 7) is 0.256. The normalized spacial score (nSPS) is 24.7. The number of urea groups is 1. The monoisotopic (exact) mass is 399 g/mol. The molecule has 0 bridgehead atoms. The van der Waals surface area contributed by atoms with Gasteiger partial charge in [-0.1, -0.05) is 12.8 Å². The predicted molar refractivity (Wildman–Crippen MR) is 104 cm³/mol. The molecule has 2 aliphatic heterocycles. The Morgan fingerprint density at radius 1 is 1.00 bits per heavy atom. The number of nitrogens with zero attached hydrogens (tertiary/aromatic N) is 3. The zero-order valence-corrected chi connectivity index (χ0v) is 16.5. The summed E-state index contributed by atoms with van der Waals surface area (Å²) in [6, 6.07) is 5.67. The van der Waals surface area contributed by atoms with E-state index in [2.05, 4.69) is 0 Å². The molecule has 1 saturated carbocycles. The fraction of sp³-hybridized carbons (Fsp3) is 0.524. The standard InChI is InChI=1S/C21H25N3O5/c1-29-16-10-8-15(9-11-16)24-20(27)19(26)23(21(24)28)13-18(25)22-12-4-6-14-5-2-3-7-17(14)22/h8-11,14,17H,2-7,12-13H2,1H3/t14-,17-/m0/s1.